The summed E-state index contributed by atoms with van der Waals surface area (Å²) < 4.78 is 37.9. The molecule has 0 spiro atoms. The van der Waals surface area contributed by atoms with Crippen LogP contribution in [0.1, 0.15) is 23.7 Å². The van der Waals surface area contributed by atoms with Crippen LogP contribution in [0.5, 0.6) is 0 Å². The number of H-pyrrole nitrogens is 2. The van der Waals surface area contributed by atoms with Gasteiger partial charge in [-0.1, -0.05) is 23.7 Å². The Morgan fingerprint density at radius 3 is 2.66 bits per heavy atom. The minimum absolute atomic E-state index is 0.151. The number of piperazine rings is 1. The maximum Gasteiger partial charge on any atom is 0.301 e. The molecular formula is C29H30ClF3N6O2. The number of anilines is 2. The molecule has 1 fully saturated rings. The summed E-state index contributed by atoms with van der Waals surface area (Å²) in [6, 6.07) is 12.7. The average molecular weight is 587 g/mol. The molecule has 12 heteroatoms. The van der Waals surface area contributed by atoms with E-state index in [1.54, 1.807) is 30.3 Å². The van der Waals surface area contributed by atoms with Crippen LogP contribution >= 0.6 is 11.6 Å². The number of pyridine rings is 1. The molecule has 1 aliphatic heterocycles. The first-order valence-corrected chi connectivity index (χ1v) is 13.6. The molecule has 216 valence electrons. The SMILES string of the molecule is Cc1cc(N2CCN(CCC(F)=C(F)F)CC2)cc2[nH]c(-c3c(NCC(O)c4cccc(Cl)c4)cc[nH]c3=O)nc12. The number of aromatic amines is 2. The van der Waals surface area contributed by atoms with Gasteiger partial charge in [-0.2, -0.15) is 8.78 Å². The summed E-state index contributed by atoms with van der Waals surface area (Å²) in [6.45, 7) is 4.93. The van der Waals surface area contributed by atoms with Crippen LogP contribution in [0.15, 0.2) is 65.4 Å². The van der Waals surface area contributed by atoms with Crippen molar-refractivity contribution in [3.63, 3.8) is 0 Å². The third kappa shape index (κ3) is 6.58. The molecule has 1 aliphatic rings. The molecule has 0 radical (unpaired) electrons. The molecule has 5 rings (SSSR count). The second-order valence-electron chi connectivity index (χ2n) is 10.0. The van der Waals surface area contributed by atoms with Crippen LogP contribution in [-0.2, 0) is 0 Å². The maximum atomic E-state index is 13.2. The van der Waals surface area contributed by atoms with Crippen LogP contribution in [0.2, 0.25) is 5.02 Å². The number of hydrogen-bond acceptors (Lipinski definition) is 6. The van der Waals surface area contributed by atoms with Crippen molar-refractivity contribution in [2.75, 3.05) is 49.5 Å². The average Bonchev–Trinajstić information content (AvgIpc) is 3.39. The van der Waals surface area contributed by atoms with Gasteiger partial charge in [0.15, 0.2) is 5.83 Å². The zero-order valence-electron chi connectivity index (χ0n) is 22.4. The molecule has 0 aliphatic carbocycles. The van der Waals surface area contributed by atoms with Crippen LogP contribution in [0.25, 0.3) is 22.4 Å². The Kier molecular flexibility index (Phi) is 8.67. The fourth-order valence-electron chi connectivity index (χ4n) is 5.05. The number of nitrogens with one attached hydrogen (secondary N) is 3. The Hall–Kier alpha value is -3.80. The van der Waals surface area contributed by atoms with E-state index in [0.29, 0.717) is 53.8 Å². The van der Waals surface area contributed by atoms with E-state index in [0.717, 1.165) is 22.3 Å². The summed E-state index contributed by atoms with van der Waals surface area (Å²) in [6.07, 6.45) is -1.85. The summed E-state index contributed by atoms with van der Waals surface area (Å²) in [4.78, 5) is 27.8. The highest BCUT2D eigenvalue weighted by Gasteiger charge is 2.21. The van der Waals surface area contributed by atoms with E-state index in [1.807, 2.05) is 24.0 Å². The first-order valence-electron chi connectivity index (χ1n) is 13.3. The van der Waals surface area contributed by atoms with Crippen molar-refractivity contribution in [1.82, 2.24) is 19.9 Å². The molecule has 3 heterocycles. The lowest BCUT2D eigenvalue weighted by atomic mass is 10.1. The van der Waals surface area contributed by atoms with Crippen molar-refractivity contribution in [2.24, 2.45) is 0 Å². The van der Waals surface area contributed by atoms with Gasteiger partial charge in [0.2, 0.25) is 0 Å². The minimum Gasteiger partial charge on any atom is -0.387 e. The van der Waals surface area contributed by atoms with Gasteiger partial charge in [-0.25, -0.2) is 9.37 Å². The second kappa shape index (κ2) is 12.4. The van der Waals surface area contributed by atoms with Gasteiger partial charge in [0.1, 0.15) is 11.4 Å². The van der Waals surface area contributed by atoms with Gasteiger partial charge in [0.25, 0.3) is 5.56 Å². The maximum absolute atomic E-state index is 13.2. The van der Waals surface area contributed by atoms with Crippen LogP contribution in [0.3, 0.4) is 0 Å². The standard InChI is InChI=1S/C29H30ClF3N6O2/c1-17-13-20(39-11-9-38(10-12-39)8-6-21(31)27(32)33)15-23-26(17)37-28(36-23)25-22(5-7-34-29(25)41)35-16-24(40)18-3-2-4-19(30)14-18/h2-5,7,13-15,24,40H,6,8-12,16H2,1H3,(H,36,37)(H2,34,35,41). The summed E-state index contributed by atoms with van der Waals surface area (Å²) in [5.74, 6) is -0.960. The molecule has 1 saturated heterocycles. The molecule has 1 atom stereocenters. The largest absolute Gasteiger partial charge is 0.387 e. The van der Waals surface area contributed by atoms with Crippen molar-refractivity contribution < 1.29 is 18.3 Å². The normalized spacial score (nSPS) is 14.8. The van der Waals surface area contributed by atoms with E-state index in [4.69, 9.17) is 16.6 Å². The molecule has 4 N–H and O–H groups in total. The van der Waals surface area contributed by atoms with E-state index in [2.05, 4.69) is 20.2 Å². The molecule has 8 nitrogen and oxygen atoms in total. The van der Waals surface area contributed by atoms with Crippen LogP contribution in [-0.4, -0.2) is 64.2 Å². The zero-order chi connectivity index (χ0) is 29.1. The highest BCUT2D eigenvalue weighted by atomic mass is 35.5. The topological polar surface area (TPSA) is 100 Å². The number of aryl methyl sites for hydroxylation is 1. The Bertz CT molecular complexity index is 1630. The molecule has 0 bridgehead atoms. The lowest BCUT2D eigenvalue weighted by Crippen LogP contribution is -2.46. The van der Waals surface area contributed by atoms with Crippen molar-refractivity contribution in [3.8, 4) is 11.4 Å². The molecule has 0 amide bonds. The predicted molar refractivity (Wildman–Crippen MR) is 155 cm³/mol. The summed E-state index contributed by atoms with van der Waals surface area (Å²) in [5, 5.41) is 14.3. The quantitative estimate of drug-likeness (QED) is 0.203. The van der Waals surface area contributed by atoms with Gasteiger partial charge >= 0.3 is 6.08 Å². The fraction of sp³-hybridized carbons (Fsp3) is 0.310. The van der Waals surface area contributed by atoms with E-state index < -0.39 is 18.0 Å². The molecular weight excluding hydrogens is 557 g/mol. The number of benzene rings is 2. The van der Waals surface area contributed by atoms with Gasteiger partial charge < -0.3 is 25.3 Å². The fourth-order valence-corrected chi connectivity index (χ4v) is 5.25. The van der Waals surface area contributed by atoms with Crippen molar-refractivity contribution >= 4 is 34.0 Å². The zero-order valence-corrected chi connectivity index (χ0v) is 23.1. The first kappa shape index (κ1) is 28.7. The number of aliphatic hydroxyl groups excluding tert-OH is 1. The van der Waals surface area contributed by atoms with E-state index in [1.165, 1.54) is 6.20 Å². The van der Waals surface area contributed by atoms with Gasteiger partial charge in [0, 0.05) is 62.6 Å². The molecule has 2 aromatic carbocycles. The van der Waals surface area contributed by atoms with Crippen LogP contribution < -0.4 is 15.8 Å². The monoisotopic (exact) mass is 586 g/mol. The Balaban J connectivity index is 1.33. The highest BCUT2D eigenvalue weighted by molar-refractivity contribution is 6.30. The van der Waals surface area contributed by atoms with Gasteiger partial charge in [0.05, 0.1) is 22.8 Å². The third-order valence-corrected chi connectivity index (χ3v) is 7.50. The number of hydrogen-bond donors (Lipinski definition) is 4. The molecule has 41 heavy (non-hydrogen) atoms. The molecule has 0 saturated carbocycles. The number of nitrogens with zero attached hydrogens (tertiary/aromatic N) is 3. The van der Waals surface area contributed by atoms with Crippen LogP contribution in [0, 0.1) is 6.92 Å². The minimum atomic E-state index is -2.25. The molecule has 1 unspecified atom stereocenters. The summed E-state index contributed by atoms with van der Waals surface area (Å²) >= 11 is 6.05. The molecule has 4 aromatic rings. The Morgan fingerprint density at radius 2 is 1.93 bits per heavy atom. The van der Waals surface area contributed by atoms with Gasteiger partial charge in [-0.3, -0.25) is 9.69 Å². The third-order valence-electron chi connectivity index (χ3n) is 7.27. The predicted octanol–water partition coefficient (Wildman–Crippen LogP) is 5.62. The number of aromatic nitrogens is 3. The Labute approximate surface area is 239 Å². The van der Waals surface area contributed by atoms with Gasteiger partial charge in [-0.15, -0.1) is 0 Å². The van der Waals surface area contributed by atoms with E-state index >= 15 is 0 Å². The summed E-state index contributed by atoms with van der Waals surface area (Å²) in [7, 11) is 0. The number of halogens is 4. The highest BCUT2D eigenvalue weighted by Crippen LogP contribution is 2.30. The first-order chi connectivity index (χ1) is 19.7. The van der Waals surface area contributed by atoms with Crippen molar-refractivity contribution in [2.45, 2.75) is 19.4 Å². The number of aliphatic hydroxyl groups is 1. The molecule has 2 aromatic heterocycles. The Morgan fingerprint density at radius 1 is 1.15 bits per heavy atom. The van der Waals surface area contributed by atoms with E-state index in [-0.39, 0.29) is 25.1 Å². The number of fused-ring (bicyclic) bond motifs is 1. The summed E-state index contributed by atoms with van der Waals surface area (Å²) in [5.41, 5.74) is 4.54. The number of rotatable bonds is 9. The van der Waals surface area contributed by atoms with Crippen LogP contribution in [0.4, 0.5) is 24.5 Å². The smallest absolute Gasteiger partial charge is 0.301 e. The lowest BCUT2D eigenvalue weighted by Gasteiger charge is -2.36. The van der Waals surface area contributed by atoms with Crippen molar-refractivity contribution in [1.29, 1.82) is 0 Å². The van der Waals surface area contributed by atoms with E-state index in [9.17, 15) is 23.1 Å². The van der Waals surface area contributed by atoms with Crippen molar-refractivity contribution in [3.05, 3.63) is 87.1 Å². The lowest BCUT2D eigenvalue weighted by molar-refractivity contribution is 0.191. The second-order valence-corrected chi connectivity index (χ2v) is 10.5. The van der Waals surface area contributed by atoms with Gasteiger partial charge in [-0.05, 0) is 48.4 Å². The number of imidazole rings is 1.